The van der Waals surface area contributed by atoms with Gasteiger partial charge in [-0.05, 0) is 47.1 Å². The zero-order valence-electron chi connectivity index (χ0n) is 14.8. The van der Waals surface area contributed by atoms with Crippen molar-refractivity contribution in [3.05, 3.63) is 23.0 Å². The van der Waals surface area contributed by atoms with Crippen molar-refractivity contribution >= 4 is 11.6 Å². The first-order chi connectivity index (χ1) is 11.4. The van der Waals surface area contributed by atoms with Gasteiger partial charge in [0.2, 0.25) is 5.91 Å². The molecule has 1 fully saturated rings. The van der Waals surface area contributed by atoms with Crippen molar-refractivity contribution in [1.29, 1.82) is 0 Å². The molecule has 3 heterocycles. The van der Waals surface area contributed by atoms with Crippen molar-refractivity contribution in [2.75, 3.05) is 18.4 Å². The highest BCUT2D eigenvalue weighted by Gasteiger charge is 2.27. The standard InChI is InChI=1S/C16H25N7O/c1-10-16(11(2)20-19-10)18-15(24)9-22-7-5-6-14(22)8-23-13(4)17-12(3)21-23/h14H,5-9H2,1-4H3,(H,18,24)(H,19,20)/t14-/m1/s1. The van der Waals surface area contributed by atoms with Crippen LogP contribution in [0.15, 0.2) is 0 Å². The van der Waals surface area contributed by atoms with E-state index >= 15 is 0 Å². The van der Waals surface area contributed by atoms with Gasteiger partial charge in [-0.25, -0.2) is 9.67 Å². The molecule has 1 aliphatic rings. The van der Waals surface area contributed by atoms with Gasteiger partial charge in [0.05, 0.1) is 30.2 Å². The second-order valence-corrected chi connectivity index (χ2v) is 6.51. The van der Waals surface area contributed by atoms with Crippen LogP contribution in [-0.4, -0.2) is 54.9 Å². The zero-order valence-corrected chi connectivity index (χ0v) is 14.8. The molecule has 24 heavy (non-hydrogen) atoms. The van der Waals surface area contributed by atoms with Gasteiger partial charge in [0.1, 0.15) is 11.6 Å². The van der Waals surface area contributed by atoms with Crippen molar-refractivity contribution in [3.63, 3.8) is 0 Å². The molecule has 8 heteroatoms. The summed E-state index contributed by atoms with van der Waals surface area (Å²) in [6, 6.07) is 0.321. The van der Waals surface area contributed by atoms with Gasteiger partial charge in [-0.3, -0.25) is 14.8 Å². The van der Waals surface area contributed by atoms with Crippen molar-refractivity contribution in [2.24, 2.45) is 0 Å². The van der Waals surface area contributed by atoms with E-state index in [0.717, 1.165) is 54.7 Å². The monoisotopic (exact) mass is 331 g/mol. The number of H-pyrrole nitrogens is 1. The molecule has 1 atom stereocenters. The van der Waals surface area contributed by atoms with Gasteiger partial charge in [0.25, 0.3) is 0 Å². The van der Waals surface area contributed by atoms with Gasteiger partial charge < -0.3 is 5.32 Å². The van der Waals surface area contributed by atoms with Crippen LogP contribution in [0.3, 0.4) is 0 Å². The first kappa shape index (κ1) is 16.6. The second-order valence-electron chi connectivity index (χ2n) is 6.51. The van der Waals surface area contributed by atoms with Crippen LogP contribution in [0.1, 0.15) is 35.9 Å². The molecule has 1 amide bonds. The molecule has 0 aromatic carbocycles. The third-order valence-electron chi connectivity index (χ3n) is 4.58. The fourth-order valence-electron chi connectivity index (χ4n) is 3.34. The molecule has 2 aromatic rings. The number of aryl methyl sites for hydroxylation is 4. The molecule has 1 saturated heterocycles. The number of likely N-dealkylation sites (tertiary alicyclic amines) is 1. The van der Waals surface area contributed by atoms with E-state index in [1.165, 1.54) is 0 Å². The first-order valence-corrected chi connectivity index (χ1v) is 8.37. The summed E-state index contributed by atoms with van der Waals surface area (Å²) in [5.41, 5.74) is 2.48. The van der Waals surface area contributed by atoms with Crippen LogP contribution >= 0.6 is 0 Å². The average Bonchev–Trinajstić information content (AvgIpc) is 3.17. The van der Waals surface area contributed by atoms with Crippen LogP contribution in [0.4, 0.5) is 5.69 Å². The number of anilines is 1. The molecule has 2 N–H and O–H groups in total. The SMILES string of the molecule is Cc1nc(C)n(C[C@H]2CCCN2CC(=O)Nc2c(C)n[nH]c2C)n1. The van der Waals surface area contributed by atoms with E-state index in [-0.39, 0.29) is 5.91 Å². The molecular weight excluding hydrogens is 306 g/mol. The quantitative estimate of drug-likeness (QED) is 0.862. The smallest absolute Gasteiger partial charge is 0.238 e. The predicted octanol–water partition coefficient (Wildman–Crippen LogP) is 1.34. The van der Waals surface area contributed by atoms with Crippen LogP contribution in [-0.2, 0) is 11.3 Å². The summed E-state index contributed by atoms with van der Waals surface area (Å²) < 4.78 is 1.95. The van der Waals surface area contributed by atoms with E-state index < -0.39 is 0 Å². The molecule has 8 nitrogen and oxygen atoms in total. The van der Waals surface area contributed by atoms with E-state index in [1.807, 2.05) is 32.4 Å². The predicted molar refractivity (Wildman–Crippen MR) is 90.8 cm³/mol. The van der Waals surface area contributed by atoms with Crippen LogP contribution in [0.25, 0.3) is 0 Å². The van der Waals surface area contributed by atoms with Crippen LogP contribution in [0, 0.1) is 27.7 Å². The molecule has 2 aromatic heterocycles. The number of hydrogen-bond acceptors (Lipinski definition) is 5. The summed E-state index contributed by atoms with van der Waals surface area (Å²) in [7, 11) is 0. The van der Waals surface area contributed by atoms with Crippen molar-refractivity contribution in [3.8, 4) is 0 Å². The largest absolute Gasteiger partial charge is 0.322 e. The molecule has 0 bridgehead atoms. The van der Waals surface area contributed by atoms with Gasteiger partial charge in [-0.2, -0.15) is 10.2 Å². The molecule has 0 radical (unpaired) electrons. The minimum Gasteiger partial charge on any atom is -0.322 e. The van der Waals surface area contributed by atoms with E-state index in [4.69, 9.17) is 0 Å². The van der Waals surface area contributed by atoms with E-state index in [1.54, 1.807) is 0 Å². The minimum absolute atomic E-state index is 0.000919. The molecule has 0 spiro atoms. The van der Waals surface area contributed by atoms with Gasteiger partial charge in [-0.1, -0.05) is 0 Å². The Morgan fingerprint density at radius 1 is 1.33 bits per heavy atom. The summed E-state index contributed by atoms with van der Waals surface area (Å²) in [5.74, 6) is 1.72. The Labute approximate surface area is 141 Å². The Hall–Kier alpha value is -2.22. The van der Waals surface area contributed by atoms with Crippen LogP contribution < -0.4 is 5.32 Å². The highest BCUT2D eigenvalue weighted by atomic mass is 16.2. The molecule has 3 rings (SSSR count). The number of nitrogens with one attached hydrogen (secondary N) is 2. The highest BCUT2D eigenvalue weighted by Crippen LogP contribution is 2.20. The number of aromatic amines is 1. The summed E-state index contributed by atoms with van der Waals surface area (Å²) in [5, 5.41) is 14.4. The maximum absolute atomic E-state index is 12.4. The molecule has 0 aliphatic carbocycles. The first-order valence-electron chi connectivity index (χ1n) is 8.37. The van der Waals surface area contributed by atoms with Crippen molar-refractivity contribution in [2.45, 2.75) is 53.1 Å². The van der Waals surface area contributed by atoms with Gasteiger partial charge in [0, 0.05) is 6.04 Å². The normalized spacial score (nSPS) is 18.2. The highest BCUT2D eigenvalue weighted by molar-refractivity contribution is 5.93. The Kier molecular flexibility index (Phi) is 4.66. The summed E-state index contributed by atoms with van der Waals surface area (Å²) in [4.78, 5) is 19.0. The molecular formula is C16H25N7O. The Balaban J connectivity index is 1.61. The maximum Gasteiger partial charge on any atom is 0.238 e. The minimum atomic E-state index is 0.000919. The lowest BCUT2D eigenvalue weighted by Crippen LogP contribution is -2.39. The van der Waals surface area contributed by atoms with Gasteiger partial charge in [-0.15, -0.1) is 0 Å². The third kappa shape index (κ3) is 3.48. The molecule has 0 saturated carbocycles. The molecule has 130 valence electrons. The van der Waals surface area contributed by atoms with Crippen molar-refractivity contribution in [1.82, 2.24) is 29.9 Å². The molecule has 0 unspecified atom stereocenters. The fourth-order valence-corrected chi connectivity index (χ4v) is 3.34. The van der Waals surface area contributed by atoms with Crippen LogP contribution in [0.2, 0.25) is 0 Å². The Bertz CT molecular complexity index is 713. The van der Waals surface area contributed by atoms with E-state index in [9.17, 15) is 4.79 Å². The lowest BCUT2D eigenvalue weighted by Gasteiger charge is -2.24. The van der Waals surface area contributed by atoms with Crippen molar-refractivity contribution < 1.29 is 4.79 Å². The lowest BCUT2D eigenvalue weighted by atomic mass is 10.2. The summed E-state index contributed by atoms with van der Waals surface area (Å²) in [6.07, 6.45) is 2.18. The topological polar surface area (TPSA) is 91.7 Å². The van der Waals surface area contributed by atoms with Gasteiger partial charge >= 0.3 is 0 Å². The fraction of sp³-hybridized carbons (Fsp3) is 0.625. The number of nitrogens with zero attached hydrogens (tertiary/aromatic N) is 5. The number of hydrogen-bond donors (Lipinski definition) is 2. The number of amides is 1. The average molecular weight is 331 g/mol. The lowest BCUT2D eigenvalue weighted by molar-refractivity contribution is -0.117. The maximum atomic E-state index is 12.4. The Morgan fingerprint density at radius 2 is 2.12 bits per heavy atom. The second kappa shape index (κ2) is 6.72. The third-order valence-corrected chi connectivity index (χ3v) is 4.58. The number of aromatic nitrogens is 5. The Morgan fingerprint density at radius 3 is 2.75 bits per heavy atom. The van der Waals surface area contributed by atoms with Crippen LogP contribution in [0.5, 0.6) is 0 Å². The summed E-state index contributed by atoms with van der Waals surface area (Å²) in [6.45, 7) is 9.77. The number of carbonyl (C=O) groups is 1. The zero-order chi connectivity index (χ0) is 17.3. The van der Waals surface area contributed by atoms with E-state index in [2.05, 4.69) is 30.5 Å². The number of carbonyl (C=O) groups excluding carboxylic acids is 1. The number of rotatable bonds is 5. The van der Waals surface area contributed by atoms with Gasteiger partial charge in [0.15, 0.2) is 0 Å². The summed E-state index contributed by atoms with van der Waals surface area (Å²) >= 11 is 0. The molecule has 1 aliphatic heterocycles. The van der Waals surface area contributed by atoms with E-state index in [0.29, 0.717) is 12.6 Å².